The molecule has 0 aliphatic heterocycles. The quantitative estimate of drug-likeness (QED) is 0.768. The second-order valence-corrected chi connectivity index (χ2v) is 5.38. The summed E-state index contributed by atoms with van der Waals surface area (Å²) in [4.78, 5) is 12.0. The van der Waals surface area contributed by atoms with Gasteiger partial charge in [-0.05, 0) is 38.1 Å². The maximum atomic E-state index is 12.0. The molecule has 2 aliphatic carbocycles. The van der Waals surface area contributed by atoms with Crippen LogP contribution in [0.3, 0.4) is 0 Å². The maximum absolute atomic E-state index is 12.0. The standard InChI is InChI=1S/C13H24N2O/c14-9-11-7-3-4-8-12(11)15-13(16)10-5-1-2-6-10/h10-12H,1-9,14H2,(H,15,16). The lowest BCUT2D eigenvalue weighted by molar-refractivity contribution is -0.126. The molecule has 0 aromatic rings. The zero-order chi connectivity index (χ0) is 11.4. The lowest BCUT2D eigenvalue weighted by Crippen LogP contribution is -2.46. The van der Waals surface area contributed by atoms with E-state index in [2.05, 4.69) is 5.32 Å². The summed E-state index contributed by atoms with van der Waals surface area (Å²) in [5.74, 6) is 1.10. The van der Waals surface area contributed by atoms with Crippen LogP contribution in [0.5, 0.6) is 0 Å². The third kappa shape index (κ3) is 2.76. The van der Waals surface area contributed by atoms with E-state index < -0.39 is 0 Å². The maximum Gasteiger partial charge on any atom is 0.223 e. The molecule has 2 unspecified atom stereocenters. The van der Waals surface area contributed by atoms with Crippen LogP contribution in [-0.4, -0.2) is 18.5 Å². The highest BCUT2D eigenvalue weighted by molar-refractivity contribution is 5.79. The highest BCUT2D eigenvalue weighted by Crippen LogP contribution is 2.27. The lowest BCUT2D eigenvalue weighted by Gasteiger charge is -2.32. The predicted octanol–water partition coefficient (Wildman–Crippen LogP) is 1.81. The Hall–Kier alpha value is -0.570. The van der Waals surface area contributed by atoms with E-state index in [0.717, 1.165) is 25.8 Å². The molecule has 2 fully saturated rings. The van der Waals surface area contributed by atoms with Crippen molar-refractivity contribution in [3.63, 3.8) is 0 Å². The zero-order valence-electron chi connectivity index (χ0n) is 10.1. The number of nitrogens with one attached hydrogen (secondary N) is 1. The van der Waals surface area contributed by atoms with Crippen molar-refractivity contribution in [2.75, 3.05) is 6.54 Å². The monoisotopic (exact) mass is 224 g/mol. The van der Waals surface area contributed by atoms with Crippen LogP contribution in [0.15, 0.2) is 0 Å². The van der Waals surface area contributed by atoms with Gasteiger partial charge in [0.1, 0.15) is 0 Å². The molecule has 3 heteroatoms. The normalized spacial score (nSPS) is 31.6. The molecule has 2 rings (SSSR count). The fourth-order valence-electron chi connectivity index (χ4n) is 3.17. The molecule has 0 aromatic carbocycles. The summed E-state index contributed by atoms with van der Waals surface area (Å²) in [7, 11) is 0. The topological polar surface area (TPSA) is 55.1 Å². The first-order chi connectivity index (χ1) is 7.81. The summed E-state index contributed by atoms with van der Waals surface area (Å²) in [6.07, 6.45) is 9.46. The lowest BCUT2D eigenvalue weighted by atomic mass is 9.84. The van der Waals surface area contributed by atoms with Gasteiger partial charge in [0, 0.05) is 12.0 Å². The Kier molecular flexibility index (Phi) is 4.22. The fraction of sp³-hybridized carbons (Fsp3) is 0.923. The van der Waals surface area contributed by atoms with Crippen LogP contribution in [-0.2, 0) is 4.79 Å². The second-order valence-electron chi connectivity index (χ2n) is 5.38. The van der Waals surface area contributed by atoms with Gasteiger partial charge >= 0.3 is 0 Å². The number of rotatable bonds is 3. The predicted molar refractivity (Wildman–Crippen MR) is 64.9 cm³/mol. The molecule has 0 aromatic heterocycles. The van der Waals surface area contributed by atoms with Gasteiger partial charge in [0.05, 0.1) is 0 Å². The Morgan fingerprint density at radius 2 is 1.69 bits per heavy atom. The van der Waals surface area contributed by atoms with Crippen molar-refractivity contribution < 1.29 is 4.79 Å². The van der Waals surface area contributed by atoms with E-state index in [4.69, 9.17) is 5.73 Å². The van der Waals surface area contributed by atoms with Crippen LogP contribution in [0, 0.1) is 11.8 Å². The van der Waals surface area contributed by atoms with Gasteiger partial charge in [-0.15, -0.1) is 0 Å². The molecule has 3 N–H and O–H groups in total. The van der Waals surface area contributed by atoms with E-state index in [-0.39, 0.29) is 0 Å². The van der Waals surface area contributed by atoms with E-state index in [1.165, 1.54) is 32.1 Å². The van der Waals surface area contributed by atoms with Crippen molar-refractivity contribution in [2.24, 2.45) is 17.6 Å². The Labute approximate surface area is 98.2 Å². The van der Waals surface area contributed by atoms with E-state index in [1.54, 1.807) is 0 Å². The Morgan fingerprint density at radius 3 is 2.38 bits per heavy atom. The minimum absolute atomic E-state index is 0.292. The summed E-state index contributed by atoms with van der Waals surface area (Å²) >= 11 is 0. The van der Waals surface area contributed by atoms with Crippen LogP contribution in [0.2, 0.25) is 0 Å². The first kappa shape index (κ1) is 11.9. The first-order valence-corrected chi connectivity index (χ1v) is 6.81. The Balaban J connectivity index is 1.84. The molecule has 0 spiro atoms. The van der Waals surface area contributed by atoms with Crippen molar-refractivity contribution in [1.29, 1.82) is 0 Å². The number of carbonyl (C=O) groups is 1. The van der Waals surface area contributed by atoms with Crippen LogP contribution in [0.25, 0.3) is 0 Å². The molecular weight excluding hydrogens is 200 g/mol. The van der Waals surface area contributed by atoms with Gasteiger partial charge in [0.15, 0.2) is 0 Å². The van der Waals surface area contributed by atoms with E-state index in [0.29, 0.717) is 23.8 Å². The smallest absolute Gasteiger partial charge is 0.223 e. The van der Waals surface area contributed by atoms with Gasteiger partial charge in [0.25, 0.3) is 0 Å². The molecular formula is C13H24N2O. The van der Waals surface area contributed by atoms with Gasteiger partial charge in [-0.3, -0.25) is 4.79 Å². The minimum atomic E-state index is 0.292. The van der Waals surface area contributed by atoms with E-state index in [9.17, 15) is 4.79 Å². The largest absolute Gasteiger partial charge is 0.353 e. The van der Waals surface area contributed by atoms with Crippen molar-refractivity contribution >= 4 is 5.91 Å². The fourth-order valence-corrected chi connectivity index (χ4v) is 3.17. The summed E-state index contributed by atoms with van der Waals surface area (Å²) < 4.78 is 0. The molecule has 3 nitrogen and oxygen atoms in total. The van der Waals surface area contributed by atoms with Gasteiger partial charge in [-0.25, -0.2) is 0 Å². The Morgan fingerprint density at radius 1 is 1.06 bits per heavy atom. The summed E-state index contributed by atoms with van der Waals surface area (Å²) in [5, 5.41) is 3.24. The molecule has 0 saturated heterocycles. The summed E-state index contributed by atoms with van der Waals surface area (Å²) in [6, 6.07) is 0.354. The van der Waals surface area contributed by atoms with Crippen molar-refractivity contribution in [2.45, 2.75) is 57.4 Å². The zero-order valence-corrected chi connectivity index (χ0v) is 10.1. The molecule has 2 atom stereocenters. The summed E-state index contributed by atoms with van der Waals surface area (Å²) in [5.41, 5.74) is 5.77. The van der Waals surface area contributed by atoms with Gasteiger partial charge < -0.3 is 11.1 Å². The minimum Gasteiger partial charge on any atom is -0.353 e. The van der Waals surface area contributed by atoms with Crippen molar-refractivity contribution in [1.82, 2.24) is 5.32 Å². The third-order valence-corrected chi connectivity index (χ3v) is 4.27. The average molecular weight is 224 g/mol. The van der Waals surface area contributed by atoms with Crippen molar-refractivity contribution in [3.8, 4) is 0 Å². The highest BCUT2D eigenvalue weighted by Gasteiger charge is 2.29. The van der Waals surface area contributed by atoms with Crippen LogP contribution in [0.4, 0.5) is 0 Å². The first-order valence-electron chi connectivity index (χ1n) is 6.81. The van der Waals surface area contributed by atoms with Gasteiger partial charge in [0.2, 0.25) is 5.91 Å². The Bertz CT molecular complexity index is 236. The number of hydrogen-bond acceptors (Lipinski definition) is 2. The number of carbonyl (C=O) groups excluding carboxylic acids is 1. The molecule has 2 aliphatic rings. The molecule has 1 amide bonds. The van der Waals surface area contributed by atoms with Gasteiger partial charge in [-0.2, -0.15) is 0 Å². The van der Waals surface area contributed by atoms with Crippen LogP contribution < -0.4 is 11.1 Å². The molecule has 0 heterocycles. The molecule has 0 bridgehead atoms. The highest BCUT2D eigenvalue weighted by atomic mass is 16.1. The van der Waals surface area contributed by atoms with Crippen molar-refractivity contribution in [3.05, 3.63) is 0 Å². The number of nitrogens with two attached hydrogens (primary N) is 1. The van der Waals surface area contributed by atoms with E-state index >= 15 is 0 Å². The third-order valence-electron chi connectivity index (χ3n) is 4.27. The number of amides is 1. The summed E-state index contributed by atoms with van der Waals surface area (Å²) in [6.45, 7) is 0.718. The molecule has 92 valence electrons. The number of hydrogen-bond donors (Lipinski definition) is 2. The van der Waals surface area contributed by atoms with E-state index in [1.807, 2.05) is 0 Å². The second kappa shape index (κ2) is 5.67. The SMILES string of the molecule is NCC1CCCCC1NC(=O)C1CCCC1. The molecule has 16 heavy (non-hydrogen) atoms. The van der Waals surface area contributed by atoms with Crippen LogP contribution in [0.1, 0.15) is 51.4 Å². The molecule has 2 saturated carbocycles. The molecule has 0 radical (unpaired) electrons. The van der Waals surface area contributed by atoms with Gasteiger partial charge in [-0.1, -0.05) is 25.7 Å². The average Bonchev–Trinajstić information content (AvgIpc) is 2.83. The van der Waals surface area contributed by atoms with Crippen LogP contribution >= 0.6 is 0 Å².